The molecule has 138 valence electrons. The van der Waals surface area contributed by atoms with E-state index in [9.17, 15) is 14.0 Å². The summed E-state index contributed by atoms with van der Waals surface area (Å²) in [6.07, 6.45) is 3.04. The number of hydrogen-bond acceptors (Lipinski definition) is 4. The number of amides is 2. The number of benzene rings is 2. The van der Waals surface area contributed by atoms with E-state index >= 15 is 0 Å². The third-order valence-electron chi connectivity index (χ3n) is 3.93. The second-order valence-corrected chi connectivity index (χ2v) is 5.98. The van der Waals surface area contributed by atoms with Crippen LogP contribution in [0.2, 0.25) is 0 Å². The average molecular weight is 367 g/mol. The third kappa shape index (κ3) is 4.75. The molecule has 7 nitrogen and oxygen atoms in total. The van der Waals surface area contributed by atoms with Crippen molar-refractivity contribution in [3.63, 3.8) is 0 Å². The largest absolute Gasteiger partial charge is 0.344 e. The summed E-state index contributed by atoms with van der Waals surface area (Å²) in [5, 5.41) is 8.90. The van der Waals surface area contributed by atoms with Crippen LogP contribution in [0.3, 0.4) is 0 Å². The SMILES string of the molecule is Cc1ccc(F)c(NC(=O)C(=O)NCc2ccccc2Cn2cncn2)c1. The lowest BCUT2D eigenvalue weighted by atomic mass is 10.1. The minimum Gasteiger partial charge on any atom is -0.344 e. The molecule has 1 heterocycles. The van der Waals surface area contributed by atoms with Gasteiger partial charge < -0.3 is 10.6 Å². The van der Waals surface area contributed by atoms with Crippen LogP contribution in [-0.2, 0) is 22.7 Å². The summed E-state index contributed by atoms with van der Waals surface area (Å²) < 4.78 is 15.4. The second-order valence-electron chi connectivity index (χ2n) is 5.98. The molecule has 2 amide bonds. The smallest absolute Gasteiger partial charge is 0.313 e. The zero-order valence-electron chi connectivity index (χ0n) is 14.6. The van der Waals surface area contributed by atoms with Crippen LogP contribution in [0.15, 0.2) is 55.1 Å². The number of aromatic nitrogens is 3. The van der Waals surface area contributed by atoms with Gasteiger partial charge in [-0.05, 0) is 35.7 Å². The Morgan fingerprint density at radius 2 is 1.89 bits per heavy atom. The summed E-state index contributed by atoms with van der Waals surface area (Å²) in [7, 11) is 0. The first kappa shape index (κ1) is 18.2. The van der Waals surface area contributed by atoms with Crippen molar-refractivity contribution in [3.8, 4) is 0 Å². The Labute approximate surface area is 155 Å². The van der Waals surface area contributed by atoms with Crippen LogP contribution in [0.25, 0.3) is 0 Å². The van der Waals surface area contributed by atoms with Gasteiger partial charge in [-0.1, -0.05) is 30.3 Å². The quantitative estimate of drug-likeness (QED) is 0.676. The van der Waals surface area contributed by atoms with Gasteiger partial charge >= 0.3 is 11.8 Å². The van der Waals surface area contributed by atoms with E-state index in [-0.39, 0.29) is 12.2 Å². The summed E-state index contributed by atoms with van der Waals surface area (Å²) in [5.41, 5.74) is 2.53. The fraction of sp³-hybridized carbons (Fsp3) is 0.158. The molecule has 0 saturated carbocycles. The molecule has 0 saturated heterocycles. The van der Waals surface area contributed by atoms with Crippen LogP contribution in [-0.4, -0.2) is 26.6 Å². The minimum absolute atomic E-state index is 0.0262. The molecule has 0 spiro atoms. The number of rotatable bonds is 5. The highest BCUT2D eigenvalue weighted by molar-refractivity contribution is 6.39. The fourth-order valence-electron chi connectivity index (χ4n) is 2.54. The maximum absolute atomic E-state index is 13.7. The molecule has 0 atom stereocenters. The Hall–Kier alpha value is -3.55. The van der Waals surface area contributed by atoms with E-state index in [2.05, 4.69) is 20.7 Å². The Morgan fingerprint density at radius 1 is 1.11 bits per heavy atom. The molecular weight excluding hydrogens is 349 g/mol. The van der Waals surface area contributed by atoms with Crippen LogP contribution in [0, 0.1) is 12.7 Å². The third-order valence-corrected chi connectivity index (χ3v) is 3.93. The van der Waals surface area contributed by atoms with Gasteiger partial charge in [0.25, 0.3) is 0 Å². The summed E-state index contributed by atoms with van der Waals surface area (Å²) >= 11 is 0. The van der Waals surface area contributed by atoms with E-state index < -0.39 is 17.6 Å². The Balaban J connectivity index is 1.62. The zero-order chi connectivity index (χ0) is 19.2. The Bertz CT molecular complexity index is 956. The molecule has 3 rings (SSSR count). The molecule has 27 heavy (non-hydrogen) atoms. The van der Waals surface area contributed by atoms with Crippen molar-refractivity contribution in [2.45, 2.75) is 20.0 Å². The summed E-state index contributed by atoms with van der Waals surface area (Å²) in [4.78, 5) is 28.0. The highest BCUT2D eigenvalue weighted by Gasteiger charge is 2.16. The second kappa shape index (κ2) is 8.22. The van der Waals surface area contributed by atoms with Crippen molar-refractivity contribution in [1.82, 2.24) is 20.1 Å². The summed E-state index contributed by atoms with van der Waals surface area (Å²) in [6.45, 7) is 2.42. The standard InChI is InChI=1S/C19H18FN5O2/c1-13-6-7-16(20)17(8-13)24-19(27)18(26)22-9-14-4-2-3-5-15(14)10-25-12-21-11-23-25/h2-8,11-12H,9-10H2,1H3,(H,22,26)(H,24,27). The predicted octanol–water partition coefficient (Wildman–Crippen LogP) is 2.03. The van der Waals surface area contributed by atoms with Gasteiger partial charge in [0.1, 0.15) is 18.5 Å². The van der Waals surface area contributed by atoms with Crippen LogP contribution >= 0.6 is 0 Å². The first-order valence-corrected chi connectivity index (χ1v) is 8.27. The number of hydrogen-bond donors (Lipinski definition) is 2. The molecule has 0 aliphatic carbocycles. The summed E-state index contributed by atoms with van der Waals surface area (Å²) in [6, 6.07) is 11.8. The monoisotopic (exact) mass is 367 g/mol. The van der Waals surface area contributed by atoms with Crippen molar-refractivity contribution in [2.75, 3.05) is 5.32 Å². The molecule has 3 aromatic rings. The normalized spacial score (nSPS) is 10.4. The number of aryl methyl sites for hydroxylation is 1. The summed E-state index contributed by atoms with van der Waals surface area (Å²) in [5.74, 6) is -2.36. The molecule has 0 bridgehead atoms. The Morgan fingerprint density at radius 3 is 2.63 bits per heavy atom. The van der Waals surface area contributed by atoms with Gasteiger partial charge in [-0.15, -0.1) is 0 Å². The van der Waals surface area contributed by atoms with Gasteiger partial charge in [0.2, 0.25) is 0 Å². The highest BCUT2D eigenvalue weighted by atomic mass is 19.1. The van der Waals surface area contributed by atoms with Crippen LogP contribution in [0.4, 0.5) is 10.1 Å². The van der Waals surface area contributed by atoms with E-state index in [1.807, 2.05) is 24.3 Å². The molecular formula is C19H18FN5O2. The molecule has 0 fully saturated rings. The molecule has 0 unspecified atom stereocenters. The maximum atomic E-state index is 13.7. The van der Waals surface area contributed by atoms with Gasteiger partial charge in [0.05, 0.1) is 12.2 Å². The molecule has 0 radical (unpaired) electrons. The van der Waals surface area contributed by atoms with Gasteiger partial charge in [-0.25, -0.2) is 14.1 Å². The molecule has 2 N–H and O–H groups in total. The average Bonchev–Trinajstić information content (AvgIpc) is 3.16. The number of anilines is 1. The Kier molecular flexibility index (Phi) is 5.55. The zero-order valence-corrected chi connectivity index (χ0v) is 14.6. The highest BCUT2D eigenvalue weighted by Crippen LogP contribution is 2.15. The van der Waals surface area contributed by atoms with Crippen molar-refractivity contribution < 1.29 is 14.0 Å². The van der Waals surface area contributed by atoms with Gasteiger partial charge in [0.15, 0.2) is 0 Å². The van der Waals surface area contributed by atoms with E-state index in [0.717, 1.165) is 16.7 Å². The number of carbonyl (C=O) groups is 2. The number of nitrogens with one attached hydrogen (secondary N) is 2. The topological polar surface area (TPSA) is 88.9 Å². The first-order valence-electron chi connectivity index (χ1n) is 8.27. The molecule has 2 aromatic carbocycles. The molecule has 1 aromatic heterocycles. The molecule has 0 aliphatic heterocycles. The van der Waals surface area contributed by atoms with Crippen LogP contribution in [0.5, 0.6) is 0 Å². The van der Waals surface area contributed by atoms with E-state index in [1.165, 1.54) is 18.5 Å². The first-order chi connectivity index (χ1) is 13.0. The predicted molar refractivity (Wildman–Crippen MR) is 97.2 cm³/mol. The number of halogens is 1. The van der Waals surface area contributed by atoms with E-state index in [1.54, 1.807) is 24.0 Å². The molecule has 0 aliphatic rings. The van der Waals surface area contributed by atoms with Crippen molar-refractivity contribution in [2.24, 2.45) is 0 Å². The van der Waals surface area contributed by atoms with Crippen molar-refractivity contribution >= 4 is 17.5 Å². The minimum atomic E-state index is -0.923. The fourth-order valence-corrected chi connectivity index (χ4v) is 2.54. The lowest BCUT2D eigenvalue weighted by molar-refractivity contribution is -0.136. The van der Waals surface area contributed by atoms with Crippen LogP contribution < -0.4 is 10.6 Å². The van der Waals surface area contributed by atoms with Gasteiger partial charge in [0, 0.05) is 6.54 Å². The number of carbonyl (C=O) groups excluding carboxylic acids is 2. The number of nitrogens with zero attached hydrogens (tertiary/aromatic N) is 3. The van der Waals surface area contributed by atoms with E-state index in [4.69, 9.17) is 0 Å². The lowest BCUT2D eigenvalue weighted by Gasteiger charge is -2.11. The van der Waals surface area contributed by atoms with Gasteiger partial charge in [-0.2, -0.15) is 5.10 Å². The maximum Gasteiger partial charge on any atom is 0.313 e. The van der Waals surface area contributed by atoms with Gasteiger partial charge in [-0.3, -0.25) is 9.59 Å². The lowest BCUT2D eigenvalue weighted by Crippen LogP contribution is -2.35. The van der Waals surface area contributed by atoms with Crippen molar-refractivity contribution in [3.05, 3.63) is 77.6 Å². The van der Waals surface area contributed by atoms with Crippen molar-refractivity contribution in [1.29, 1.82) is 0 Å². The van der Waals surface area contributed by atoms with Crippen LogP contribution in [0.1, 0.15) is 16.7 Å². The molecule has 8 heteroatoms. The van der Waals surface area contributed by atoms with E-state index in [0.29, 0.717) is 6.54 Å².